The SMILES string of the molecule is C.C.CCCC(=O)N1CCN(C2c3ccc(Cl)cc3CCc3cc(Br)cnc32)C[C@@H]1C(=O)NCCn1cnc(C)c1.CCCC(=O)N1CCN(C2c3ccc(Cl)cc3CCc3cc(Br)cnc32)C[C@@H]1C(=O)NCCn1cncc1C. The lowest BCUT2D eigenvalue weighted by atomic mass is 9.95. The van der Waals surface area contributed by atoms with Crippen LogP contribution in [0.3, 0.4) is 0 Å². The number of pyridine rings is 2. The summed E-state index contributed by atoms with van der Waals surface area (Å²) in [6.07, 6.45) is 16.8. The first-order chi connectivity index (χ1) is 37.7. The minimum Gasteiger partial charge on any atom is -0.352 e. The summed E-state index contributed by atoms with van der Waals surface area (Å²) in [5.74, 6) is -0.206. The molecule has 10 rings (SSSR count). The van der Waals surface area contributed by atoms with Gasteiger partial charge in [-0.25, -0.2) is 9.97 Å². The molecular weight excluding hydrogens is 1180 g/mol. The number of fused-ring (bicyclic) bond motifs is 4. The summed E-state index contributed by atoms with van der Waals surface area (Å²) in [4.78, 5) is 79.8. The van der Waals surface area contributed by atoms with Crippen molar-refractivity contribution in [1.29, 1.82) is 0 Å². The first-order valence-corrected chi connectivity index (χ1v) is 29.5. The van der Waals surface area contributed by atoms with Gasteiger partial charge in [-0.15, -0.1) is 0 Å². The number of imidazole rings is 2. The fourth-order valence-corrected chi connectivity index (χ4v) is 12.6. The second-order valence-corrected chi connectivity index (χ2v) is 23.4. The molecule has 0 spiro atoms. The van der Waals surface area contributed by atoms with Crippen molar-refractivity contribution in [3.63, 3.8) is 0 Å². The predicted molar refractivity (Wildman–Crippen MR) is 323 cm³/mol. The summed E-state index contributed by atoms with van der Waals surface area (Å²) in [6, 6.07) is 15.0. The van der Waals surface area contributed by atoms with Crippen molar-refractivity contribution in [2.45, 2.75) is 131 Å². The summed E-state index contributed by atoms with van der Waals surface area (Å²) in [7, 11) is 0. The largest absolute Gasteiger partial charge is 0.352 e. The fraction of sp³-hybridized carbons (Fsp3) is 0.467. The van der Waals surface area contributed by atoms with Gasteiger partial charge in [-0.2, -0.15) is 0 Å². The average molecular weight is 1260 g/mol. The van der Waals surface area contributed by atoms with Crippen LogP contribution in [0.4, 0.5) is 0 Å². The summed E-state index contributed by atoms with van der Waals surface area (Å²) in [5.41, 5.74) is 11.1. The lowest BCUT2D eigenvalue weighted by molar-refractivity contribution is -0.144. The van der Waals surface area contributed by atoms with Gasteiger partial charge in [0.25, 0.3) is 0 Å². The van der Waals surface area contributed by atoms with Crippen LogP contribution in [0.1, 0.15) is 123 Å². The van der Waals surface area contributed by atoms with Gasteiger partial charge in [0, 0.05) is 128 Å². The minimum absolute atomic E-state index is 0. The molecule has 428 valence electrons. The fourth-order valence-electron chi connectivity index (χ4n) is 11.5. The maximum atomic E-state index is 13.6. The third-order valence-corrected chi connectivity index (χ3v) is 16.6. The van der Waals surface area contributed by atoms with Gasteiger partial charge in [-0.3, -0.25) is 38.9 Å². The number of amides is 4. The number of rotatable bonds is 14. The van der Waals surface area contributed by atoms with Crippen LogP contribution in [0.5, 0.6) is 0 Å². The second kappa shape index (κ2) is 28.5. The maximum Gasteiger partial charge on any atom is 0.244 e. The molecule has 6 heterocycles. The highest BCUT2D eigenvalue weighted by Crippen LogP contribution is 2.40. The number of hydrogen-bond acceptors (Lipinski definition) is 10. The number of aromatic nitrogens is 6. The van der Waals surface area contributed by atoms with Crippen LogP contribution in [0, 0.1) is 13.8 Å². The van der Waals surface area contributed by atoms with Crippen LogP contribution in [0.25, 0.3) is 0 Å². The van der Waals surface area contributed by atoms with Crippen LogP contribution < -0.4 is 10.6 Å². The Morgan fingerprint density at radius 2 is 1.09 bits per heavy atom. The molecule has 0 radical (unpaired) electrons. The number of nitrogens with one attached hydrogen (secondary N) is 2. The van der Waals surface area contributed by atoms with Crippen molar-refractivity contribution in [2.24, 2.45) is 0 Å². The molecule has 4 atom stereocenters. The molecule has 2 unspecified atom stereocenters. The number of nitrogens with zero attached hydrogens (tertiary/aromatic N) is 10. The molecule has 2 aliphatic heterocycles. The standard InChI is InChI=1S/2C29H34BrClN6O2.2CH4/c1-3-4-26(38)37-12-11-36(17-25(37)29(39)32-9-10-35-16-19(2)34-18-35)28-24-8-7-23(31)14-20(24)5-6-21-13-22(30)15-33-27(21)28;1-3-4-26(38)37-12-11-35(17-25(37)29(39)33-9-10-36-18-32-15-19(36)2)28-24-8-7-23(31)14-20(24)5-6-21-13-22(30)16-34-27(21)28;;/h7-8,13-16,18,25,28H,3-6,9-12,17H2,1-2H3,(H,32,39);7-8,13-16,18,25,28H,3-6,9-12,17H2,1-2H3,(H,33,39);2*1H4/t2*25-,28?;;/m11../s1. The average Bonchev–Trinajstić information content (AvgIpc) is 4.03. The maximum absolute atomic E-state index is 13.6. The molecule has 2 aliphatic carbocycles. The summed E-state index contributed by atoms with van der Waals surface area (Å²) >= 11 is 20.0. The van der Waals surface area contributed by atoms with Crippen molar-refractivity contribution in [3.8, 4) is 0 Å². The van der Waals surface area contributed by atoms with Gasteiger partial charge >= 0.3 is 0 Å². The normalized spacial score (nSPS) is 18.8. The lowest BCUT2D eigenvalue weighted by Crippen LogP contribution is -2.61. The molecule has 2 saturated heterocycles. The molecular formula is C60H76Br2Cl2N12O4. The van der Waals surface area contributed by atoms with Crippen LogP contribution in [0.15, 0.2) is 94.9 Å². The van der Waals surface area contributed by atoms with Gasteiger partial charge < -0.3 is 29.6 Å². The van der Waals surface area contributed by atoms with Gasteiger partial charge in [-0.05, 0) is 154 Å². The molecule has 4 aromatic heterocycles. The van der Waals surface area contributed by atoms with Crippen molar-refractivity contribution in [2.75, 3.05) is 52.4 Å². The Bertz CT molecular complexity index is 3030. The second-order valence-electron chi connectivity index (χ2n) is 20.6. The zero-order valence-corrected chi connectivity index (χ0v) is 49.4. The van der Waals surface area contributed by atoms with Gasteiger partial charge in [-0.1, -0.05) is 64.0 Å². The van der Waals surface area contributed by atoms with E-state index in [1.54, 1.807) is 28.7 Å². The van der Waals surface area contributed by atoms with Crippen LogP contribution in [0.2, 0.25) is 10.0 Å². The van der Waals surface area contributed by atoms with E-state index < -0.39 is 12.1 Å². The zero-order valence-electron chi connectivity index (χ0n) is 44.7. The lowest BCUT2D eigenvalue weighted by Gasteiger charge is -2.44. The molecule has 4 aliphatic rings. The number of carbonyl (C=O) groups is 4. The number of carbonyl (C=O) groups excluding carboxylic acids is 4. The van der Waals surface area contributed by atoms with E-state index >= 15 is 0 Å². The third-order valence-electron chi connectivity index (χ3n) is 15.3. The van der Waals surface area contributed by atoms with Crippen LogP contribution >= 0.6 is 55.1 Å². The molecule has 80 heavy (non-hydrogen) atoms. The molecule has 6 aromatic rings. The molecule has 0 bridgehead atoms. The van der Waals surface area contributed by atoms with Gasteiger partial charge in [0.2, 0.25) is 23.6 Å². The van der Waals surface area contributed by atoms with E-state index in [4.69, 9.17) is 33.2 Å². The van der Waals surface area contributed by atoms with Gasteiger partial charge in [0.05, 0.1) is 41.8 Å². The Labute approximate surface area is 498 Å². The molecule has 20 heteroatoms. The Morgan fingerprint density at radius 1 is 0.613 bits per heavy atom. The summed E-state index contributed by atoms with van der Waals surface area (Å²) in [5, 5.41) is 7.60. The predicted octanol–water partition coefficient (Wildman–Crippen LogP) is 9.91. The topological polar surface area (TPSA) is 167 Å². The highest BCUT2D eigenvalue weighted by Gasteiger charge is 2.42. The minimum atomic E-state index is -0.584. The molecule has 4 amide bonds. The zero-order chi connectivity index (χ0) is 55.0. The number of piperazine rings is 2. The van der Waals surface area contributed by atoms with Crippen LogP contribution in [-0.2, 0) is 58.0 Å². The monoisotopic (exact) mass is 1260 g/mol. The number of halogens is 4. The first-order valence-electron chi connectivity index (χ1n) is 27.1. The van der Waals surface area contributed by atoms with E-state index in [1.807, 2.05) is 79.7 Å². The third kappa shape index (κ3) is 14.6. The van der Waals surface area contributed by atoms with Gasteiger partial charge in [0.1, 0.15) is 12.1 Å². The summed E-state index contributed by atoms with van der Waals surface area (Å²) in [6.45, 7) is 13.2. The number of benzene rings is 2. The quantitative estimate of drug-likeness (QED) is 0.107. The van der Waals surface area contributed by atoms with E-state index in [0.29, 0.717) is 88.3 Å². The molecule has 2 aromatic carbocycles. The Morgan fingerprint density at radius 3 is 1.52 bits per heavy atom. The summed E-state index contributed by atoms with van der Waals surface area (Å²) < 4.78 is 5.85. The van der Waals surface area contributed by atoms with E-state index in [1.165, 1.54) is 22.3 Å². The molecule has 2 N–H and O–H groups in total. The first kappa shape index (κ1) is 62.1. The van der Waals surface area contributed by atoms with Crippen LogP contribution in [-0.4, -0.2) is 137 Å². The van der Waals surface area contributed by atoms with Gasteiger partial charge in [0.15, 0.2) is 0 Å². The van der Waals surface area contributed by atoms with Crippen molar-refractivity contribution in [1.82, 2.24) is 59.3 Å². The number of aryl methyl sites for hydroxylation is 6. The Hall–Kier alpha value is -5.50. The number of hydrogen-bond donors (Lipinski definition) is 2. The molecule has 16 nitrogen and oxygen atoms in total. The Balaban J connectivity index is 0.000000225. The van der Waals surface area contributed by atoms with E-state index in [-0.39, 0.29) is 50.6 Å². The van der Waals surface area contributed by atoms with E-state index in [0.717, 1.165) is 81.4 Å². The van der Waals surface area contributed by atoms with Crippen molar-refractivity contribution >= 4 is 78.7 Å². The molecule has 2 fully saturated rings. The molecule has 0 saturated carbocycles. The smallest absolute Gasteiger partial charge is 0.244 e. The van der Waals surface area contributed by atoms with E-state index in [9.17, 15) is 19.2 Å². The highest BCUT2D eigenvalue weighted by atomic mass is 79.9. The van der Waals surface area contributed by atoms with E-state index in [2.05, 4.69) is 86.5 Å². The van der Waals surface area contributed by atoms with Crippen molar-refractivity contribution < 1.29 is 19.2 Å². The highest BCUT2D eigenvalue weighted by molar-refractivity contribution is 9.10. The van der Waals surface area contributed by atoms with Crippen molar-refractivity contribution in [3.05, 3.63) is 161 Å². The Kier molecular flexibility index (Phi) is 22.1.